The molecule has 1 aliphatic heterocycles. The predicted molar refractivity (Wildman–Crippen MR) is 75.7 cm³/mol. The Hall–Kier alpha value is -1.66. The van der Waals surface area contributed by atoms with Gasteiger partial charge in [0.2, 0.25) is 0 Å². The Kier molecular flexibility index (Phi) is 4.70. The topological polar surface area (TPSA) is 61.6 Å². The molecule has 1 saturated heterocycles. The second-order valence-electron chi connectivity index (χ2n) is 4.79. The molecule has 19 heavy (non-hydrogen) atoms. The molecule has 0 spiro atoms. The van der Waals surface area contributed by atoms with Crippen LogP contribution in [0.15, 0.2) is 24.3 Å². The van der Waals surface area contributed by atoms with Crippen LogP contribution >= 0.6 is 0 Å². The van der Waals surface area contributed by atoms with Gasteiger partial charge in [-0.2, -0.15) is 0 Å². The van der Waals surface area contributed by atoms with Crippen molar-refractivity contribution in [1.82, 2.24) is 10.2 Å². The van der Waals surface area contributed by atoms with Crippen molar-refractivity contribution in [3.8, 4) is 0 Å². The Morgan fingerprint density at radius 2 is 1.95 bits per heavy atom. The van der Waals surface area contributed by atoms with E-state index in [4.69, 9.17) is 0 Å². The number of nitro groups is 1. The van der Waals surface area contributed by atoms with Crippen LogP contribution in [0.1, 0.15) is 0 Å². The molecule has 1 N–H and O–H groups in total. The van der Waals surface area contributed by atoms with Gasteiger partial charge in [-0.25, -0.2) is 0 Å². The average molecular weight is 264 g/mol. The quantitative estimate of drug-likeness (QED) is 0.633. The van der Waals surface area contributed by atoms with E-state index in [2.05, 4.69) is 15.1 Å². The van der Waals surface area contributed by atoms with E-state index in [1.54, 1.807) is 24.3 Å². The third kappa shape index (κ3) is 3.90. The van der Waals surface area contributed by atoms with Crippen molar-refractivity contribution in [3.05, 3.63) is 34.4 Å². The van der Waals surface area contributed by atoms with Gasteiger partial charge in [0.15, 0.2) is 0 Å². The first kappa shape index (κ1) is 13.8. The van der Waals surface area contributed by atoms with Crippen LogP contribution < -0.4 is 10.2 Å². The molecule has 0 unspecified atom stereocenters. The molecule has 1 aromatic carbocycles. The number of piperazine rings is 1. The number of hydrogen-bond donors (Lipinski definition) is 1. The van der Waals surface area contributed by atoms with Crippen molar-refractivity contribution in [3.63, 3.8) is 0 Å². The van der Waals surface area contributed by atoms with Crippen molar-refractivity contribution in [2.24, 2.45) is 0 Å². The zero-order valence-electron chi connectivity index (χ0n) is 11.2. The zero-order chi connectivity index (χ0) is 13.7. The van der Waals surface area contributed by atoms with Crippen LogP contribution in [-0.2, 0) is 0 Å². The number of nitrogens with one attached hydrogen (secondary N) is 1. The minimum absolute atomic E-state index is 0.138. The van der Waals surface area contributed by atoms with Gasteiger partial charge < -0.3 is 10.2 Å². The molecular weight excluding hydrogens is 244 g/mol. The van der Waals surface area contributed by atoms with Crippen LogP contribution in [0.25, 0.3) is 0 Å². The SMILES string of the molecule is CN(CCN1CCNCC1)c1ccc([N+](=O)[O-])cc1. The minimum atomic E-state index is -0.371. The molecule has 1 aliphatic rings. The summed E-state index contributed by atoms with van der Waals surface area (Å²) in [6.45, 7) is 6.25. The Morgan fingerprint density at radius 1 is 1.32 bits per heavy atom. The third-order valence-corrected chi connectivity index (χ3v) is 3.46. The first-order valence-electron chi connectivity index (χ1n) is 6.55. The lowest BCUT2D eigenvalue weighted by Gasteiger charge is -2.29. The maximum absolute atomic E-state index is 10.6. The summed E-state index contributed by atoms with van der Waals surface area (Å²) >= 11 is 0. The molecule has 0 aromatic heterocycles. The van der Waals surface area contributed by atoms with E-state index < -0.39 is 0 Å². The van der Waals surface area contributed by atoms with Gasteiger partial charge >= 0.3 is 0 Å². The Balaban J connectivity index is 1.84. The van der Waals surface area contributed by atoms with Gasteiger partial charge in [0.1, 0.15) is 0 Å². The first-order valence-corrected chi connectivity index (χ1v) is 6.55. The molecule has 0 bridgehead atoms. The second kappa shape index (κ2) is 6.49. The summed E-state index contributed by atoms with van der Waals surface area (Å²) < 4.78 is 0. The number of likely N-dealkylation sites (N-methyl/N-ethyl adjacent to an activating group) is 1. The Labute approximate surface area is 113 Å². The third-order valence-electron chi connectivity index (χ3n) is 3.46. The van der Waals surface area contributed by atoms with Crippen molar-refractivity contribution in [2.75, 3.05) is 51.2 Å². The van der Waals surface area contributed by atoms with Crippen molar-refractivity contribution >= 4 is 11.4 Å². The molecule has 2 rings (SSSR count). The highest BCUT2D eigenvalue weighted by Crippen LogP contribution is 2.18. The second-order valence-corrected chi connectivity index (χ2v) is 4.79. The summed E-state index contributed by atoms with van der Waals surface area (Å²) in [7, 11) is 2.02. The van der Waals surface area contributed by atoms with E-state index >= 15 is 0 Å². The normalized spacial score (nSPS) is 16.3. The van der Waals surface area contributed by atoms with Crippen LogP contribution in [0.3, 0.4) is 0 Å². The molecule has 1 fully saturated rings. The van der Waals surface area contributed by atoms with Crippen molar-refractivity contribution in [1.29, 1.82) is 0 Å². The molecule has 0 saturated carbocycles. The lowest BCUT2D eigenvalue weighted by atomic mass is 10.2. The van der Waals surface area contributed by atoms with E-state index in [-0.39, 0.29) is 10.6 Å². The fraction of sp³-hybridized carbons (Fsp3) is 0.538. The van der Waals surface area contributed by atoms with E-state index in [0.717, 1.165) is 45.0 Å². The van der Waals surface area contributed by atoms with Crippen LogP contribution in [-0.4, -0.2) is 56.1 Å². The van der Waals surface area contributed by atoms with E-state index in [1.165, 1.54) is 0 Å². The van der Waals surface area contributed by atoms with Gasteiger partial charge in [0.25, 0.3) is 5.69 Å². The fourth-order valence-corrected chi connectivity index (χ4v) is 2.18. The summed E-state index contributed by atoms with van der Waals surface area (Å²) in [6.07, 6.45) is 0. The molecule has 0 amide bonds. The lowest BCUT2D eigenvalue weighted by molar-refractivity contribution is -0.384. The largest absolute Gasteiger partial charge is 0.373 e. The first-order chi connectivity index (χ1) is 9.16. The average Bonchev–Trinajstić information content (AvgIpc) is 2.46. The van der Waals surface area contributed by atoms with E-state index in [0.29, 0.717) is 0 Å². The van der Waals surface area contributed by atoms with Gasteiger partial charge in [-0.1, -0.05) is 0 Å². The molecular formula is C13H20N4O2. The highest BCUT2D eigenvalue weighted by atomic mass is 16.6. The molecule has 0 aliphatic carbocycles. The van der Waals surface area contributed by atoms with Gasteiger partial charge in [0.05, 0.1) is 4.92 Å². The van der Waals surface area contributed by atoms with Crippen molar-refractivity contribution in [2.45, 2.75) is 0 Å². The number of nitro benzene ring substituents is 1. The molecule has 1 aromatic rings. The molecule has 0 radical (unpaired) electrons. The van der Waals surface area contributed by atoms with E-state index in [1.807, 2.05) is 7.05 Å². The standard InChI is InChI=1S/C13H20N4O2/c1-15(10-11-16-8-6-14-7-9-16)12-2-4-13(5-3-12)17(18)19/h2-5,14H,6-11H2,1H3. The molecule has 1 heterocycles. The van der Waals surface area contributed by atoms with Crippen LogP contribution in [0.2, 0.25) is 0 Å². The fourth-order valence-electron chi connectivity index (χ4n) is 2.18. The molecule has 0 atom stereocenters. The summed E-state index contributed by atoms with van der Waals surface area (Å²) in [5, 5.41) is 13.9. The summed E-state index contributed by atoms with van der Waals surface area (Å²) in [6, 6.07) is 6.71. The predicted octanol–water partition coefficient (Wildman–Crippen LogP) is 0.936. The zero-order valence-corrected chi connectivity index (χ0v) is 11.2. The van der Waals surface area contributed by atoms with Gasteiger partial charge in [-0.3, -0.25) is 15.0 Å². The molecule has 6 heteroatoms. The minimum Gasteiger partial charge on any atom is -0.373 e. The van der Waals surface area contributed by atoms with E-state index in [9.17, 15) is 10.1 Å². The number of anilines is 1. The number of rotatable bonds is 5. The number of non-ortho nitro benzene ring substituents is 1. The summed E-state index contributed by atoms with van der Waals surface area (Å²) in [4.78, 5) is 14.8. The lowest BCUT2D eigenvalue weighted by Crippen LogP contribution is -2.46. The number of hydrogen-bond acceptors (Lipinski definition) is 5. The molecule has 6 nitrogen and oxygen atoms in total. The number of benzene rings is 1. The Morgan fingerprint density at radius 3 is 2.53 bits per heavy atom. The van der Waals surface area contributed by atoms with Gasteiger partial charge in [0, 0.05) is 64.1 Å². The monoisotopic (exact) mass is 264 g/mol. The highest BCUT2D eigenvalue weighted by molar-refractivity contribution is 5.50. The van der Waals surface area contributed by atoms with Crippen molar-refractivity contribution < 1.29 is 4.92 Å². The van der Waals surface area contributed by atoms with Crippen LogP contribution in [0.4, 0.5) is 11.4 Å². The number of nitrogens with zero attached hydrogens (tertiary/aromatic N) is 3. The van der Waals surface area contributed by atoms with Crippen LogP contribution in [0.5, 0.6) is 0 Å². The summed E-state index contributed by atoms with van der Waals surface area (Å²) in [5.41, 5.74) is 1.15. The summed E-state index contributed by atoms with van der Waals surface area (Å²) in [5.74, 6) is 0. The van der Waals surface area contributed by atoms with Crippen LogP contribution in [0, 0.1) is 10.1 Å². The van der Waals surface area contributed by atoms with Gasteiger partial charge in [-0.15, -0.1) is 0 Å². The highest BCUT2D eigenvalue weighted by Gasteiger charge is 2.11. The Bertz CT molecular complexity index is 415. The maximum Gasteiger partial charge on any atom is 0.269 e. The van der Waals surface area contributed by atoms with Gasteiger partial charge in [-0.05, 0) is 12.1 Å². The maximum atomic E-state index is 10.6. The molecule has 104 valence electrons. The smallest absolute Gasteiger partial charge is 0.269 e.